The van der Waals surface area contributed by atoms with Gasteiger partial charge in [-0.1, -0.05) is 36.4 Å². The van der Waals surface area contributed by atoms with Crippen LogP contribution in [-0.2, 0) is 0 Å². The summed E-state index contributed by atoms with van der Waals surface area (Å²) in [7, 11) is 0. The van der Waals surface area contributed by atoms with Gasteiger partial charge >= 0.3 is 6.09 Å². The molecule has 0 spiro atoms. The van der Waals surface area contributed by atoms with Gasteiger partial charge in [0.05, 0.1) is 5.69 Å². The molecule has 1 heterocycles. The van der Waals surface area contributed by atoms with Crippen LogP contribution < -0.4 is 15.8 Å². The monoisotopic (exact) mass is 336 g/mol. The van der Waals surface area contributed by atoms with Gasteiger partial charge in [0.15, 0.2) is 5.69 Å². The summed E-state index contributed by atoms with van der Waals surface area (Å²) in [4.78, 5) is 23.8. The van der Waals surface area contributed by atoms with E-state index in [4.69, 9.17) is 10.5 Å². The molecule has 0 radical (unpaired) electrons. The van der Waals surface area contributed by atoms with Crippen LogP contribution in [-0.4, -0.2) is 21.8 Å². The molecule has 7 nitrogen and oxygen atoms in total. The highest BCUT2D eigenvalue weighted by molar-refractivity contribution is 5.96. The molecule has 0 fully saturated rings. The van der Waals surface area contributed by atoms with E-state index in [9.17, 15) is 9.59 Å². The number of primary amides is 1. The number of nitrogens with one attached hydrogen (secondary N) is 1. The average Bonchev–Trinajstić information content (AvgIpc) is 2.93. The van der Waals surface area contributed by atoms with Crippen molar-refractivity contribution in [2.75, 3.05) is 5.32 Å². The van der Waals surface area contributed by atoms with Gasteiger partial charge in [-0.05, 0) is 31.2 Å². The third-order valence-corrected chi connectivity index (χ3v) is 3.53. The van der Waals surface area contributed by atoms with E-state index in [-0.39, 0.29) is 5.69 Å². The van der Waals surface area contributed by atoms with Crippen molar-refractivity contribution in [1.82, 2.24) is 9.78 Å². The summed E-state index contributed by atoms with van der Waals surface area (Å²) in [5, 5.41) is 6.84. The number of nitrogens with zero attached hydrogens (tertiary/aromatic N) is 2. The van der Waals surface area contributed by atoms with Crippen LogP contribution in [0.25, 0.3) is 5.69 Å². The molecule has 0 aliphatic rings. The van der Waals surface area contributed by atoms with Gasteiger partial charge in [-0.3, -0.25) is 10.1 Å². The number of aromatic nitrogens is 2. The third kappa shape index (κ3) is 3.50. The van der Waals surface area contributed by atoms with Crippen LogP contribution in [0.1, 0.15) is 16.1 Å². The molecule has 0 aliphatic heterocycles. The predicted molar refractivity (Wildman–Crippen MR) is 92.9 cm³/mol. The Labute approximate surface area is 144 Å². The zero-order valence-corrected chi connectivity index (χ0v) is 13.5. The van der Waals surface area contributed by atoms with E-state index in [1.807, 2.05) is 24.3 Å². The Bertz CT molecular complexity index is 905. The fourth-order valence-corrected chi connectivity index (χ4v) is 2.35. The van der Waals surface area contributed by atoms with Gasteiger partial charge in [0.25, 0.3) is 5.91 Å². The molecule has 1 aromatic heterocycles. The van der Waals surface area contributed by atoms with Crippen molar-refractivity contribution < 1.29 is 14.3 Å². The van der Waals surface area contributed by atoms with E-state index in [1.165, 1.54) is 4.68 Å². The lowest BCUT2D eigenvalue weighted by atomic mass is 10.2. The molecule has 3 aromatic rings. The van der Waals surface area contributed by atoms with E-state index in [2.05, 4.69) is 10.4 Å². The third-order valence-electron chi connectivity index (χ3n) is 3.53. The van der Waals surface area contributed by atoms with Crippen molar-refractivity contribution >= 4 is 17.8 Å². The zero-order chi connectivity index (χ0) is 17.8. The van der Waals surface area contributed by atoms with Gasteiger partial charge in [-0.25, -0.2) is 9.48 Å². The van der Waals surface area contributed by atoms with Crippen molar-refractivity contribution in [1.29, 1.82) is 0 Å². The Morgan fingerprint density at radius 3 is 2.24 bits per heavy atom. The second kappa shape index (κ2) is 6.88. The molecule has 0 aliphatic carbocycles. The topological polar surface area (TPSA) is 99.2 Å². The van der Waals surface area contributed by atoms with Crippen LogP contribution in [0.15, 0.2) is 60.7 Å². The van der Waals surface area contributed by atoms with Crippen LogP contribution >= 0.6 is 0 Å². The summed E-state index contributed by atoms with van der Waals surface area (Å²) >= 11 is 0. The number of nitrogens with two attached hydrogens (primary N) is 1. The lowest BCUT2D eigenvalue weighted by molar-refractivity contribution is 0.0994. The predicted octanol–water partition coefficient (Wildman–Crippen LogP) is 2.89. The summed E-state index contributed by atoms with van der Waals surface area (Å²) in [5.74, 6) is 0.0474. The Hall–Kier alpha value is -3.61. The van der Waals surface area contributed by atoms with Crippen LogP contribution in [0.2, 0.25) is 0 Å². The minimum absolute atomic E-state index is 0.0823. The molecule has 2 aromatic carbocycles. The van der Waals surface area contributed by atoms with Crippen LogP contribution in [0.4, 0.5) is 10.6 Å². The molecule has 2 amide bonds. The van der Waals surface area contributed by atoms with Crippen molar-refractivity contribution in [3.8, 4) is 11.4 Å². The van der Waals surface area contributed by atoms with Crippen LogP contribution in [0.5, 0.6) is 5.75 Å². The number of rotatable bonds is 4. The zero-order valence-electron chi connectivity index (χ0n) is 13.5. The minimum atomic E-state index is -0.692. The number of para-hydroxylation sites is 2. The second-order valence-corrected chi connectivity index (χ2v) is 5.26. The quantitative estimate of drug-likeness (QED) is 0.765. The van der Waals surface area contributed by atoms with Crippen LogP contribution in [0, 0.1) is 6.92 Å². The van der Waals surface area contributed by atoms with E-state index in [0.717, 1.165) is 0 Å². The smallest absolute Gasteiger partial charge is 0.410 e. The van der Waals surface area contributed by atoms with E-state index < -0.39 is 12.0 Å². The van der Waals surface area contributed by atoms with Gasteiger partial charge < -0.3 is 10.5 Å². The molecule has 0 saturated heterocycles. The molecule has 3 rings (SSSR count). The number of benzene rings is 2. The lowest BCUT2D eigenvalue weighted by Gasteiger charge is -2.10. The maximum absolute atomic E-state index is 12.2. The normalized spacial score (nSPS) is 10.3. The summed E-state index contributed by atoms with van der Waals surface area (Å²) in [6.07, 6.45) is -0.692. The fourth-order valence-electron chi connectivity index (χ4n) is 2.35. The summed E-state index contributed by atoms with van der Waals surface area (Å²) in [6.45, 7) is 1.66. The Balaban J connectivity index is 1.94. The largest absolute Gasteiger partial charge is 0.418 e. The number of anilines is 1. The molecule has 0 atom stereocenters. The number of amides is 2. The molecule has 0 bridgehead atoms. The Morgan fingerprint density at radius 1 is 1.04 bits per heavy atom. The average molecular weight is 336 g/mol. The van der Waals surface area contributed by atoms with Gasteiger partial charge in [0.1, 0.15) is 11.6 Å². The first-order valence-corrected chi connectivity index (χ1v) is 7.55. The summed E-state index contributed by atoms with van der Waals surface area (Å²) < 4.78 is 6.67. The van der Waals surface area contributed by atoms with Gasteiger partial charge in [0, 0.05) is 5.56 Å². The number of carbonyl (C=O) groups excluding carboxylic acids is 2. The van der Waals surface area contributed by atoms with Crippen molar-refractivity contribution in [3.63, 3.8) is 0 Å². The highest BCUT2D eigenvalue weighted by atomic mass is 16.6. The van der Waals surface area contributed by atoms with E-state index >= 15 is 0 Å². The fraction of sp³-hybridized carbons (Fsp3) is 0.0556. The first-order chi connectivity index (χ1) is 12.1. The number of hydrogen-bond acceptors (Lipinski definition) is 4. The van der Waals surface area contributed by atoms with Crippen molar-refractivity contribution in [2.45, 2.75) is 6.92 Å². The first-order valence-electron chi connectivity index (χ1n) is 7.55. The molecule has 126 valence electrons. The molecular weight excluding hydrogens is 320 g/mol. The molecular formula is C18H16N4O3. The maximum atomic E-state index is 12.2. The molecule has 3 N–H and O–H groups in total. The van der Waals surface area contributed by atoms with Gasteiger partial charge in [0.2, 0.25) is 0 Å². The van der Waals surface area contributed by atoms with Crippen LogP contribution in [0.3, 0.4) is 0 Å². The molecule has 7 heteroatoms. The van der Waals surface area contributed by atoms with Crippen molar-refractivity contribution in [3.05, 3.63) is 71.9 Å². The van der Waals surface area contributed by atoms with E-state index in [1.54, 1.807) is 43.3 Å². The Morgan fingerprint density at radius 2 is 1.64 bits per heavy atom. The highest BCUT2D eigenvalue weighted by Gasteiger charge is 2.21. The van der Waals surface area contributed by atoms with E-state index in [0.29, 0.717) is 22.8 Å². The first kappa shape index (κ1) is 16.3. The Kier molecular flexibility index (Phi) is 4.47. The standard InChI is InChI=1S/C18H16N4O3/c1-12-15(16(19)23)21-22(13-8-4-2-5-9-13)17(12)20-18(24)25-14-10-6-3-7-11-14/h2-11H,1H3,(H2,19,23)(H,20,24). The SMILES string of the molecule is Cc1c(C(N)=O)nn(-c2ccccc2)c1NC(=O)Oc1ccccc1. The maximum Gasteiger partial charge on any atom is 0.418 e. The number of carbonyl (C=O) groups is 2. The summed E-state index contributed by atoms with van der Waals surface area (Å²) in [6, 6.07) is 17.7. The lowest BCUT2D eigenvalue weighted by Crippen LogP contribution is -2.19. The molecule has 25 heavy (non-hydrogen) atoms. The minimum Gasteiger partial charge on any atom is -0.410 e. The van der Waals surface area contributed by atoms with Gasteiger partial charge in [-0.2, -0.15) is 5.10 Å². The number of hydrogen-bond donors (Lipinski definition) is 2. The second-order valence-electron chi connectivity index (χ2n) is 5.26. The number of ether oxygens (including phenoxy) is 1. The highest BCUT2D eigenvalue weighted by Crippen LogP contribution is 2.23. The molecule has 0 unspecified atom stereocenters. The summed E-state index contributed by atoms with van der Waals surface area (Å²) in [5.41, 5.74) is 6.59. The van der Waals surface area contributed by atoms with Crippen molar-refractivity contribution in [2.24, 2.45) is 5.73 Å². The van der Waals surface area contributed by atoms with Gasteiger partial charge in [-0.15, -0.1) is 0 Å². The molecule has 0 saturated carbocycles.